The summed E-state index contributed by atoms with van der Waals surface area (Å²) in [6.07, 6.45) is -0.366. The second-order valence-corrected chi connectivity index (χ2v) is 5.95. The lowest BCUT2D eigenvalue weighted by Gasteiger charge is -2.08. The predicted octanol–water partition coefficient (Wildman–Crippen LogP) is 4.41. The molecule has 0 bridgehead atoms. The van der Waals surface area contributed by atoms with Crippen LogP contribution in [0.15, 0.2) is 30.9 Å². The molecule has 28 heavy (non-hydrogen) atoms. The summed E-state index contributed by atoms with van der Waals surface area (Å²) in [5.41, 5.74) is 0.782. The highest BCUT2D eigenvalue weighted by Crippen LogP contribution is 2.38. The van der Waals surface area contributed by atoms with Crippen LogP contribution < -0.4 is 4.74 Å². The van der Waals surface area contributed by atoms with Crippen LogP contribution in [0.4, 0.5) is 22.0 Å². The molecule has 0 radical (unpaired) electrons. The van der Waals surface area contributed by atoms with Gasteiger partial charge < -0.3 is 19.3 Å². The number of alkyl halides is 5. The third kappa shape index (κ3) is 3.15. The summed E-state index contributed by atoms with van der Waals surface area (Å²) >= 11 is 5.96. The first-order chi connectivity index (χ1) is 13.2. The van der Waals surface area contributed by atoms with Gasteiger partial charge in [0.1, 0.15) is 11.4 Å². The van der Waals surface area contributed by atoms with Crippen LogP contribution in [0.25, 0.3) is 28.1 Å². The molecule has 146 valence electrons. The van der Waals surface area contributed by atoms with E-state index in [-0.39, 0.29) is 22.3 Å². The van der Waals surface area contributed by atoms with Crippen molar-refractivity contribution in [3.63, 3.8) is 0 Å². The summed E-state index contributed by atoms with van der Waals surface area (Å²) in [6.45, 7) is -3.10. The monoisotopic (exact) mass is 418 g/mol. The van der Waals surface area contributed by atoms with Crippen LogP contribution >= 0.6 is 11.6 Å². The molecule has 0 aliphatic rings. The summed E-state index contributed by atoms with van der Waals surface area (Å²) in [5.74, 6) is -1.78. The van der Waals surface area contributed by atoms with Crippen LogP contribution in [0.5, 0.6) is 5.75 Å². The molecule has 0 aliphatic heterocycles. The quantitative estimate of drug-likeness (QED) is 0.481. The number of aromatic nitrogens is 6. The highest BCUT2D eigenvalue weighted by Gasteiger charge is 2.36. The maximum atomic E-state index is 12.9. The average molecular weight is 419 g/mol. The van der Waals surface area contributed by atoms with Crippen LogP contribution in [0, 0.1) is 0 Å². The molecule has 3 aromatic heterocycles. The van der Waals surface area contributed by atoms with E-state index in [1.165, 1.54) is 35.4 Å². The largest absolute Gasteiger partial charge is 0.451 e. The fourth-order valence-electron chi connectivity index (χ4n) is 2.70. The summed E-state index contributed by atoms with van der Waals surface area (Å²) in [5, 5.41) is 6.88. The zero-order valence-corrected chi connectivity index (χ0v) is 14.2. The first kappa shape index (κ1) is 18.2. The highest BCUT2D eigenvalue weighted by atomic mass is 35.5. The van der Waals surface area contributed by atoms with Crippen LogP contribution in [0.3, 0.4) is 0 Å². The van der Waals surface area contributed by atoms with Crippen LogP contribution in [-0.2, 0) is 6.18 Å². The second-order valence-electron chi connectivity index (χ2n) is 5.55. The SMILES string of the molecule is FC(F)Oc1cc2c(-n3ccnc3)c(-c3nnc(C(F)(F)F)[nH]3)[nH]c2cc1Cl. The van der Waals surface area contributed by atoms with Crippen molar-refractivity contribution in [3.05, 3.63) is 41.7 Å². The molecule has 0 amide bonds. The van der Waals surface area contributed by atoms with Crippen molar-refractivity contribution in [1.82, 2.24) is 29.7 Å². The van der Waals surface area contributed by atoms with Gasteiger partial charge in [0.25, 0.3) is 0 Å². The Bertz CT molecular complexity index is 1130. The van der Waals surface area contributed by atoms with Gasteiger partial charge in [-0.25, -0.2) is 4.98 Å². The lowest BCUT2D eigenvalue weighted by molar-refractivity contribution is -0.144. The van der Waals surface area contributed by atoms with Crippen LogP contribution in [0.1, 0.15) is 5.82 Å². The van der Waals surface area contributed by atoms with Gasteiger partial charge in [0.2, 0.25) is 5.82 Å². The van der Waals surface area contributed by atoms with E-state index in [1.54, 1.807) is 0 Å². The molecule has 0 aliphatic carbocycles. The standard InChI is InChI=1S/C15H8ClF5N6O/c16-7-4-8-6(3-9(7)28-14(17)18)11(27-2-1-22-5-27)10(23-8)12-24-13(26-25-12)15(19,20)21/h1-5,14,23H,(H,24,25,26). The van der Waals surface area contributed by atoms with Crippen molar-refractivity contribution in [2.75, 3.05) is 0 Å². The maximum Gasteiger partial charge on any atom is 0.451 e. The number of H-pyrrole nitrogens is 2. The molecule has 3 heterocycles. The molecule has 1 aromatic carbocycles. The van der Waals surface area contributed by atoms with Gasteiger partial charge in [-0.15, -0.1) is 10.2 Å². The number of halogens is 6. The van der Waals surface area contributed by atoms with Gasteiger partial charge in [-0.2, -0.15) is 22.0 Å². The van der Waals surface area contributed by atoms with E-state index < -0.39 is 18.6 Å². The molecular weight excluding hydrogens is 411 g/mol. The van der Waals surface area contributed by atoms with E-state index in [0.29, 0.717) is 16.6 Å². The maximum absolute atomic E-state index is 12.9. The molecule has 0 fully saturated rings. The fraction of sp³-hybridized carbons (Fsp3) is 0.133. The summed E-state index contributed by atoms with van der Waals surface area (Å²) in [7, 11) is 0. The Kier molecular flexibility index (Phi) is 4.22. The molecule has 4 rings (SSSR count). The number of ether oxygens (including phenoxy) is 1. The van der Waals surface area contributed by atoms with Crippen molar-refractivity contribution in [3.8, 4) is 23.0 Å². The van der Waals surface area contributed by atoms with Crippen LogP contribution in [-0.4, -0.2) is 36.3 Å². The molecule has 13 heteroatoms. The van der Waals surface area contributed by atoms with Crippen molar-refractivity contribution in [2.24, 2.45) is 0 Å². The molecular formula is C15H8ClF5N6O. The third-order valence-corrected chi connectivity index (χ3v) is 4.09. The Morgan fingerprint density at radius 1 is 1.14 bits per heavy atom. The minimum absolute atomic E-state index is 0.105. The van der Waals surface area contributed by atoms with E-state index in [4.69, 9.17) is 11.6 Å². The van der Waals surface area contributed by atoms with Gasteiger partial charge in [-0.3, -0.25) is 0 Å². The van der Waals surface area contributed by atoms with Crippen molar-refractivity contribution >= 4 is 22.5 Å². The van der Waals surface area contributed by atoms with Gasteiger partial charge in [0.15, 0.2) is 5.82 Å². The Labute approximate surface area is 157 Å². The second kappa shape index (κ2) is 6.48. The highest BCUT2D eigenvalue weighted by molar-refractivity contribution is 6.33. The Hall–Kier alpha value is -3.15. The van der Waals surface area contributed by atoms with E-state index in [0.717, 1.165) is 0 Å². The molecule has 4 aromatic rings. The number of aromatic amines is 2. The smallest absolute Gasteiger partial charge is 0.433 e. The normalized spacial score (nSPS) is 12.2. The van der Waals surface area contributed by atoms with Gasteiger partial charge in [-0.05, 0) is 12.1 Å². The number of nitrogens with zero attached hydrogens (tertiary/aromatic N) is 4. The lowest BCUT2D eigenvalue weighted by Crippen LogP contribution is -2.07. The van der Waals surface area contributed by atoms with Crippen molar-refractivity contribution in [1.29, 1.82) is 0 Å². The van der Waals surface area contributed by atoms with E-state index in [2.05, 4.69) is 29.9 Å². The Morgan fingerprint density at radius 3 is 2.54 bits per heavy atom. The summed E-state index contributed by atoms with van der Waals surface area (Å²) in [6, 6.07) is 2.57. The van der Waals surface area contributed by atoms with Crippen molar-refractivity contribution in [2.45, 2.75) is 12.8 Å². The minimum Gasteiger partial charge on any atom is -0.433 e. The Balaban J connectivity index is 1.96. The molecule has 0 unspecified atom stereocenters. The van der Waals surface area contributed by atoms with Gasteiger partial charge >= 0.3 is 12.8 Å². The number of hydrogen-bond donors (Lipinski definition) is 2. The zero-order chi connectivity index (χ0) is 20.1. The number of fused-ring (bicyclic) bond motifs is 1. The lowest BCUT2D eigenvalue weighted by atomic mass is 10.2. The third-order valence-electron chi connectivity index (χ3n) is 3.79. The van der Waals surface area contributed by atoms with E-state index in [1.807, 2.05) is 0 Å². The molecule has 0 spiro atoms. The first-order valence-corrected chi connectivity index (χ1v) is 7.90. The minimum atomic E-state index is -4.71. The molecule has 0 atom stereocenters. The average Bonchev–Trinajstić information content (AvgIpc) is 3.32. The molecule has 7 nitrogen and oxygen atoms in total. The zero-order valence-electron chi connectivity index (χ0n) is 13.4. The fourth-order valence-corrected chi connectivity index (χ4v) is 2.91. The molecule has 0 saturated carbocycles. The number of rotatable bonds is 4. The molecule has 0 saturated heterocycles. The predicted molar refractivity (Wildman–Crippen MR) is 87.4 cm³/mol. The first-order valence-electron chi connectivity index (χ1n) is 7.52. The van der Waals surface area contributed by atoms with Gasteiger partial charge in [0.05, 0.1) is 17.0 Å². The van der Waals surface area contributed by atoms with Crippen molar-refractivity contribution < 1.29 is 26.7 Å². The number of benzene rings is 1. The van der Waals surface area contributed by atoms with Gasteiger partial charge in [0, 0.05) is 23.3 Å². The van der Waals surface area contributed by atoms with Crippen LogP contribution in [0.2, 0.25) is 5.02 Å². The topological polar surface area (TPSA) is 84.4 Å². The Morgan fingerprint density at radius 2 is 1.93 bits per heavy atom. The van der Waals surface area contributed by atoms with E-state index in [9.17, 15) is 22.0 Å². The molecule has 2 N–H and O–H groups in total. The number of nitrogens with one attached hydrogen (secondary N) is 2. The number of hydrogen-bond acceptors (Lipinski definition) is 4. The summed E-state index contributed by atoms with van der Waals surface area (Å²) in [4.78, 5) is 8.87. The number of imidazole rings is 1. The summed E-state index contributed by atoms with van der Waals surface area (Å²) < 4.78 is 69.7. The van der Waals surface area contributed by atoms with Gasteiger partial charge in [-0.1, -0.05) is 11.6 Å². The van der Waals surface area contributed by atoms with E-state index >= 15 is 0 Å².